The molecular formula is C18H22FNO3. The minimum atomic E-state index is -0.634. The van der Waals surface area contributed by atoms with Gasteiger partial charge in [0, 0.05) is 12.6 Å². The van der Waals surface area contributed by atoms with Crippen LogP contribution in [0, 0.1) is 5.82 Å². The van der Waals surface area contributed by atoms with Crippen LogP contribution in [-0.2, 0) is 0 Å². The maximum Gasteiger partial charge on any atom is 0.165 e. The Morgan fingerprint density at radius 3 is 2.30 bits per heavy atom. The van der Waals surface area contributed by atoms with Crippen LogP contribution in [0.15, 0.2) is 42.5 Å². The van der Waals surface area contributed by atoms with Crippen molar-refractivity contribution in [3.63, 3.8) is 0 Å². The summed E-state index contributed by atoms with van der Waals surface area (Å²) in [7, 11) is 3.04. The van der Waals surface area contributed by atoms with E-state index in [0.29, 0.717) is 6.54 Å². The van der Waals surface area contributed by atoms with Crippen LogP contribution in [0.3, 0.4) is 0 Å². The Hall–Kier alpha value is -2.11. The average Bonchev–Trinajstić information content (AvgIpc) is 2.59. The zero-order valence-corrected chi connectivity index (χ0v) is 13.5. The van der Waals surface area contributed by atoms with Crippen molar-refractivity contribution in [1.29, 1.82) is 0 Å². The average molecular weight is 319 g/mol. The highest BCUT2D eigenvalue weighted by Crippen LogP contribution is 2.23. The van der Waals surface area contributed by atoms with Crippen LogP contribution >= 0.6 is 0 Å². The first-order valence-electron chi connectivity index (χ1n) is 7.44. The summed E-state index contributed by atoms with van der Waals surface area (Å²) in [4.78, 5) is 0. The first-order chi connectivity index (χ1) is 11.0. The van der Waals surface area contributed by atoms with Crippen molar-refractivity contribution in [1.82, 2.24) is 5.32 Å². The third-order valence-electron chi connectivity index (χ3n) is 3.79. The first-order valence-corrected chi connectivity index (χ1v) is 7.44. The molecule has 0 amide bonds. The van der Waals surface area contributed by atoms with E-state index in [1.54, 1.807) is 19.2 Å². The lowest BCUT2D eigenvalue weighted by atomic mass is 10.1. The molecule has 0 heterocycles. The second-order valence-corrected chi connectivity index (χ2v) is 5.31. The van der Waals surface area contributed by atoms with Crippen molar-refractivity contribution >= 4 is 0 Å². The molecule has 0 aliphatic carbocycles. The van der Waals surface area contributed by atoms with Gasteiger partial charge >= 0.3 is 0 Å². The molecule has 0 fully saturated rings. The van der Waals surface area contributed by atoms with E-state index in [0.717, 1.165) is 16.9 Å². The molecule has 2 N–H and O–H groups in total. The van der Waals surface area contributed by atoms with Gasteiger partial charge in [0.25, 0.3) is 0 Å². The first kappa shape index (κ1) is 17.2. The highest BCUT2D eigenvalue weighted by molar-refractivity contribution is 5.32. The number of benzene rings is 2. The molecule has 0 spiro atoms. The lowest BCUT2D eigenvalue weighted by molar-refractivity contribution is 0.170. The van der Waals surface area contributed by atoms with Crippen LogP contribution in [0.5, 0.6) is 11.5 Å². The molecule has 0 saturated carbocycles. The van der Waals surface area contributed by atoms with Crippen molar-refractivity contribution < 1.29 is 19.0 Å². The quantitative estimate of drug-likeness (QED) is 0.823. The topological polar surface area (TPSA) is 50.7 Å². The molecule has 2 aromatic carbocycles. The summed E-state index contributed by atoms with van der Waals surface area (Å²) in [5.74, 6) is 0.578. The molecule has 5 heteroatoms. The molecule has 0 aliphatic heterocycles. The molecule has 0 bridgehead atoms. The van der Waals surface area contributed by atoms with Gasteiger partial charge in [0.15, 0.2) is 11.6 Å². The number of aliphatic hydroxyl groups is 1. The minimum absolute atomic E-state index is 0.0441. The second kappa shape index (κ2) is 7.94. The molecule has 4 nitrogen and oxygen atoms in total. The largest absolute Gasteiger partial charge is 0.497 e. The lowest BCUT2D eigenvalue weighted by Crippen LogP contribution is -2.24. The number of nitrogens with one attached hydrogen (secondary N) is 1. The summed E-state index contributed by atoms with van der Waals surface area (Å²) in [6.07, 6.45) is -0.634. The summed E-state index contributed by atoms with van der Waals surface area (Å²) in [6, 6.07) is 12.0. The summed E-state index contributed by atoms with van der Waals surface area (Å²) < 4.78 is 23.5. The minimum Gasteiger partial charge on any atom is -0.497 e. The maximum atomic E-state index is 13.4. The Balaban J connectivity index is 1.96. The van der Waals surface area contributed by atoms with Gasteiger partial charge in [-0.25, -0.2) is 4.39 Å². The zero-order valence-electron chi connectivity index (χ0n) is 13.5. The van der Waals surface area contributed by atoms with Crippen LogP contribution < -0.4 is 14.8 Å². The number of halogens is 1. The molecule has 2 aromatic rings. The molecule has 0 radical (unpaired) electrons. The second-order valence-electron chi connectivity index (χ2n) is 5.31. The van der Waals surface area contributed by atoms with Gasteiger partial charge in [0.1, 0.15) is 5.75 Å². The SMILES string of the molecule is COc1ccc(C(O)CNC(C)c2ccc(F)c(OC)c2)cc1. The van der Waals surface area contributed by atoms with E-state index in [1.807, 2.05) is 31.2 Å². The normalized spacial score (nSPS) is 13.4. The Bertz CT molecular complexity index is 631. The number of rotatable bonds is 7. The van der Waals surface area contributed by atoms with Gasteiger partial charge in [-0.2, -0.15) is 0 Å². The maximum absolute atomic E-state index is 13.4. The highest BCUT2D eigenvalue weighted by Gasteiger charge is 2.12. The van der Waals surface area contributed by atoms with Crippen LogP contribution in [0.2, 0.25) is 0 Å². The predicted octanol–water partition coefficient (Wildman–Crippen LogP) is 3.23. The Kier molecular flexibility index (Phi) is 5.96. The van der Waals surface area contributed by atoms with Crippen LogP contribution in [-0.4, -0.2) is 25.9 Å². The Labute approximate surface area is 135 Å². The Morgan fingerprint density at radius 2 is 1.70 bits per heavy atom. The van der Waals surface area contributed by atoms with Crippen molar-refractivity contribution in [3.8, 4) is 11.5 Å². The van der Waals surface area contributed by atoms with Gasteiger partial charge in [-0.1, -0.05) is 18.2 Å². The van der Waals surface area contributed by atoms with Gasteiger partial charge in [-0.05, 0) is 42.3 Å². The van der Waals surface area contributed by atoms with E-state index in [4.69, 9.17) is 9.47 Å². The van der Waals surface area contributed by atoms with Crippen molar-refractivity contribution in [2.75, 3.05) is 20.8 Å². The van der Waals surface area contributed by atoms with E-state index in [-0.39, 0.29) is 17.6 Å². The van der Waals surface area contributed by atoms with Crippen molar-refractivity contribution in [2.45, 2.75) is 19.1 Å². The smallest absolute Gasteiger partial charge is 0.165 e. The summed E-state index contributed by atoms with van der Waals surface area (Å²) in [5, 5.41) is 13.5. The molecule has 2 unspecified atom stereocenters. The van der Waals surface area contributed by atoms with Gasteiger partial charge in [0.05, 0.1) is 20.3 Å². The number of hydrogen-bond acceptors (Lipinski definition) is 4. The van der Waals surface area contributed by atoms with E-state index in [9.17, 15) is 9.50 Å². The van der Waals surface area contributed by atoms with Crippen molar-refractivity contribution in [3.05, 3.63) is 59.4 Å². The van der Waals surface area contributed by atoms with Crippen LogP contribution in [0.1, 0.15) is 30.2 Å². The van der Waals surface area contributed by atoms with E-state index >= 15 is 0 Å². The van der Waals surface area contributed by atoms with Crippen molar-refractivity contribution in [2.24, 2.45) is 0 Å². The summed E-state index contributed by atoms with van der Waals surface area (Å²) in [5.41, 5.74) is 1.70. The third kappa shape index (κ3) is 4.43. The van der Waals surface area contributed by atoms with Gasteiger partial charge in [0.2, 0.25) is 0 Å². The standard InChI is InChI=1S/C18H22FNO3/c1-12(14-6-9-16(19)18(10-14)23-3)20-11-17(21)13-4-7-15(22-2)8-5-13/h4-10,12,17,20-21H,11H2,1-3H3. The van der Waals surface area contributed by atoms with Gasteiger partial charge in [-0.3, -0.25) is 0 Å². The Morgan fingerprint density at radius 1 is 1.04 bits per heavy atom. The van der Waals surface area contributed by atoms with E-state index < -0.39 is 6.10 Å². The van der Waals surface area contributed by atoms with Gasteiger partial charge < -0.3 is 19.9 Å². The van der Waals surface area contributed by atoms with Gasteiger partial charge in [-0.15, -0.1) is 0 Å². The fraction of sp³-hybridized carbons (Fsp3) is 0.333. The third-order valence-corrected chi connectivity index (χ3v) is 3.79. The molecule has 0 saturated heterocycles. The molecule has 2 rings (SSSR count). The van der Waals surface area contributed by atoms with Crippen LogP contribution in [0.25, 0.3) is 0 Å². The monoisotopic (exact) mass is 319 g/mol. The lowest BCUT2D eigenvalue weighted by Gasteiger charge is -2.18. The molecule has 124 valence electrons. The van der Waals surface area contributed by atoms with Crippen LogP contribution in [0.4, 0.5) is 4.39 Å². The molecule has 2 atom stereocenters. The zero-order chi connectivity index (χ0) is 16.8. The number of ether oxygens (including phenoxy) is 2. The molecule has 0 aromatic heterocycles. The molecule has 23 heavy (non-hydrogen) atoms. The number of hydrogen-bond donors (Lipinski definition) is 2. The summed E-state index contributed by atoms with van der Waals surface area (Å²) in [6.45, 7) is 2.33. The predicted molar refractivity (Wildman–Crippen MR) is 87.3 cm³/mol. The molecular weight excluding hydrogens is 297 g/mol. The summed E-state index contributed by atoms with van der Waals surface area (Å²) >= 11 is 0. The number of methoxy groups -OCH3 is 2. The highest BCUT2D eigenvalue weighted by atomic mass is 19.1. The van der Waals surface area contributed by atoms with E-state index in [2.05, 4.69) is 5.32 Å². The van der Waals surface area contributed by atoms with E-state index in [1.165, 1.54) is 13.2 Å². The fourth-order valence-corrected chi connectivity index (χ4v) is 2.30. The fourth-order valence-electron chi connectivity index (χ4n) is 2.30. The molecule has 0 aliphatic rings. The number of aliphatic hydroxyl groups excluding tert-OH is 1.